The van der Waals surface area contributed by atoms with Crippen molar-refractivity contribution in [1.82, 2.24) is 20.5 Å². The van der Waals surface area contributed by atoms with E-state index >= 15 is 0 Å². The molecule has 0 aliphatic rings. The van der Waals surface area contributed by atoms with E-state index in [0.717, 1.165) is 12.0 Å². The maximum absolute atomic E-state index is 12.2. The first-order valence-corrected chi connectivity index (χ1v) is 7.08. The molecule has 0 fully saturated rings. The Balaban J connectivity index is 2.16. The molecule has 0 spiro atoms. The van der Waals surface area contributed by atoms with Gasteiger partial charge < -0.3 is 11.1 Å². The predicted molar refractivity (Wildman–Crippen MR) is 81.7 cm³/mol. The van der Waals surface area contributed by atoms with E-state index in [1.54, 1.807) is 0 Å². The third-order valence-electron chi connectivity index (χ3n) is 3.42. The molecule has 21 heavy (non-hydrogen) atoms. The van der Waals surface area contributed by atoms with Gasteiger partial charge in [0.25, 0.3) is 5.91 Å². The van der Waals surface area contributed by atoms with Crippen molar-refractivity contribution in [2.24, 2.45) is 5.92 Å². The van der Waals surface area contributed by atoms with E-state index in [1.807, 2.05) is 0 Å². The van der Waals surface area contributed by atoms with Crippen LogP contribution in [0, 0.1) is 5.92 Å². The fourth-order valence-electron chi connectivity index (χ4n) is 2.18. The molecule has 1 amide bonds. The third-order valence-corrected chi connectivity index (χ3v) is 3.42. The number of nitrogen functional groups attached to an aromatic ring is 1. The summed E-state index contributed by atoms with van der Waals surface area (Å²) in [5.41, 5.74) is 7.76. The Kier molecular flexibility index (Phi) is 4.57. The molecule has 0 radical (unpaired) electrons. The summed E-state index contributed by atoms with van der Waals surface area (Å²) in [7, 11) is 0. The van der Waals surface area contributed by atoms with E-state index in [-0.39, 0.29) is 29.6 Å². The number of nitrogens with two attached hydrogens (primary N) is 1. The molecule has 1 atom stereocenters. The Morgan fingerprint density at radius 3 is 2.48 bits per heavy atom. The van der Waals surface area contributed by atoms with E-state index < -0.39 is 0 Å². The molecule has 0 saturated carbocycles. The van der Waals surface area contributed by atoms with Crippen LogP contribution in [-0.4, -0.2) is 21.1 Å². The third kappa shape index (κ3) is 3.59. The van der Waals surface area contributed by atoms with Gasteiger partial charge in [-0.2, -0.15) is 4.98 Å². The first kappa shape index (κ1) is 15.0. The molecule has 0 bridgehead atoms. The molecule has 0 aliphatic carbocycles. The summed E-state index contributed by atoms with van der Waals surface area (Å²) < 4.78 is 0. The Morgan fingerprint density at radius 2 is 2.00 bits per heavy atom. The van der Waals surface area contributed by atoms with Crippen LogP contribution in [0.3, 0.4) is 0 Å². The van der Waals surface area contributed by atoms with Crippen LogP contribution in [0.5, 0.6) is 0 Å². The molecule has 1 aromatic carbocycles. The Bertz CT molecular complexity index is 603. The molecule has 6 heteroatoms. The van der Waals surface area contributed by atoms with Gasteiger partial charge in [-0.1, -0.05) is 45.0 Å². The van der Waals surface area contributed by atoms with Crippen LogP contribution in [-0.2, 0) is 6.42 Å². The smallest absolute Gasteiger partial charge is 0.289 e. The summed E-state index contributed by atoms with van der Waals surface area (Å²) in [5.74, 6) is 0.135. The lowest BCUT2D eigenvalue weighted by Gasteiger charge is -2.22. The van der Waals surface area contributed by atoms with E-state index in [0.29, 0.717) is 0 Å². The minimum atomic E-state index is -0.308. The molecule has 1 unspecified atom stereocenters. The summed E-state index contributed by atoms with van der Waals surface area (Å²) in [4.78, 5) is 16.0. The zero-order valence-electron chi connectivity index (χ0n) is 12.6. The van der Waals surface area contributed by atoms with Crippen LogP contribution >= 0.6 is 0 Å². The summed E-state index contributed by atoms with van der Waals surface area (Å²) in [6, 6.07) is 8.19. The average molecular weight is 287 g/mol. The number of aryl methyl sites for hydroxylation is 1. The van der Waals surface area contributed by atoms with Gasteiger partial charge in [-0.05, 0) is 23.5 Å². The first-order valence-electron chi connectivity index (χ1n) is 7.08. The number of rotatable bonds is 5. The van der Waals surface area contributed by atoms with Crippen LogP contribution in [0.4, 0.5) is 5.95 Å². The molecule has 4 N–H and O–H groups in total. The Hall–Kier alpha value is -2.37. The van der Waals surface area contributed by atoms with Crippen LogP contribution in [0.25, 0.3) is 0 Å². The van der Waals surface area contributed by atoms with Crippen LogP contribution in [0.1, 0.15) is 48.6 Å². The highest BCUT2D eigenvalue weighted by Gasteiger charge is 2.20. The van der Waals surface area contributed by atoms with Crippen molar-refractivity contribution in [3.63, 3.8) is 0 Å². The van der Waals surface area contributed by atoms with Gasteiger partial charge in [0.2, 0.25) is 11.8 Å². The number of nitrogens with zero attached hydrogens (tertiary/aromatic N) is 2. The number of amides is 1. The average Bonchev–Trinajstić information content (AvgIpc) is 2.91. The lowest BCUT2D eigenvalue weighted by molar-refractivity contribution is 0.0915. The lowest BCUT2D eigenvalue weighted by Crippen LogP contribution is -2.32. The maximum Gasteiger partial charge on any atom is 0.289 e. The zero-order valence-corrected chi connectivity index (χ0v) is 12.6. The number of carbonyl (C=O) groups is 1. The highest BCUT2D eigenvalue weighted by Crippen LogP contribution is 2.22. The second-order valence-corrected chi connectivity index (χ2v) is 5.33. The summed E-state index contributed by atoms with van der Waals surface area (Å²) in [6.45, 7) is 6.24. The molecule has 2 aromatic rings. The zero-order chi connectivity index (χ0) is 15.4. The molecule has 0 saturated heterocycles. The SMILES string of the molecule is CCc1ccc(C(NC(=O)c2nc(N)n[nH]2)C(C)C)cc1. The summed E-state index contributed by atoms with van der Waals surface area (Å²) in [5, 5.41) is 9.16. The summed E-state index contributed by atoms with van der Waals surface area (Å²) >= 11 is 0. The topological polar surface area (TPSA) is 96.7 Å². The molecule has 0 aliphatic heterocycles. The highest BCUT2D eigenvalue weighted by molar-refractivity contribution is 5.90. The maximum atomic E-state index is 12.2. The normalized spacial score (nSPS) is 12.4. The number of aromatic nitrogens is 3. The standard InChI is InChI=1S/C15H21N5O/c1-4-10-5-7-11(8-6-10)12(9(2)3)17-14(21)13-18-15(16)20-19-13/h5-9,12H,4H2,1-3H3,(H,17,21)(H3,16,18,19,20). The van der Waals surface area contributed by atoms with Crippen molar-refractivity contribution in [2.75, 3.05) is 5.73 Å². The van der Waals surface area contributed by atoms with Gasteiger partial charge in [-0.15, -0.1) is 5.10 Å². The van der Waals surface area contributed by atoms with Crippen LogP contribution in [0.15, 0.2) is 24.3 Å². The summed E-state index contributed by atoms with van der Waals surface area (Å²) in [6.07, 6.45) is 0.996. The predicted octanol–water partition coefficient (Wildman–Crippen LogP) is 2.08. The number of anilines is 1. The van der Waals surface area contributed by atoms with E-state index in [1.165, 1.54) is 5.56 Å². The van der Waals surface area contributed by atoms with Gasteiger partial charge in [0.05, 0.1) is 6.04 Å². The second-order valence-electron chi connectivity index (χ2n) is 5.33. The number of hydrogen-bond acceptors (Lipinski definition) is 4. The quantitative estimate of drug-likeness (QED) is 0.784. The molecule has 6 nitrogen and oxygen atoms in total. The minimum absolute atomic E-state index is 0.0635. The van der Waals surface area contributed by atoms with Gasteiger partial charge in [-0.25, -0.2) is 0 Å². The molecular weight excluding hydrogens is 266 g/mol. The fourth-order valence-corrected chi connectivity index (χ4v) is 2.18. The van der Waals surface area contributed by atoms with E-state index in [4.69, 9.17) is 5.73 Å². The first-order chi connectivity index (χ1) is 10.0. The molecular formula is C15H21N5O. The van der Waals surface area contributed by atoms with Gasteiger partial charge in [0.1, 0.15) is 0 Å². The van der Waals surface area contributed by atoms with E-state index in [9.17, 15) is 4.79 Å². The molecule has 1 aromatic heterocycles. The van der Waals surface area contributed by atoms with Crippen molar-refractivity contribution >= 4 is 11.9 Å². The van der Waals surface area contributed by atoms with Gasteiger partial charge in [0.15, 0.2) is 0 Å². The van der Waals surface area contributed by atoms with Crippen LogP contribution in [0.2, 0.25) is 0 Å². The number of aromatic amines is 1. The fraction of sp³-hybridized carbons (Fsp3) is 0.400. The molecule has 112 valence electrons. The van der Waals surface area contributed by atoms with Crippen molar-refractivity contribution in [2.45, 2.75) is 33.2 Å². The van der Waals surface area contributed by atoms with Crippen molar-refractivity contribution in [3.8, 4) is 0 Å². The minimum Gasteiger partial charge on any atom is -0.366 e. The largest absolute Gasteiger partial charge is 0.366 e. The van der Waals surface area contributed by atoms with Crippen molar-refractivity contribution in [3.05, 3.63) is 41.2 Å². The highest BCUT2D eigenvalue weighted by atomic mass is 16.2. The monoisotopic (exact) mass is 287 g/mol. The molecule has 1 heterocycles. The number of benzene rings is 1. The number of hydrogen-bond donors (Lipinski definition) is 3. The number of nitrogens with one attached hydrogen (secondary N) is 2. The van der Waals surface area contributed by atoms with Crippen molar-refractivity contribution < 1.29 is 4.79 Å². The van der Waals surface area contributed by atoms with E-state index in [2.05, 4.69) is 65.5 Å². The lowest BCUT2D eigenvalue weighted by atomic mass is 9.95. The Morgan fingerprint density at radius 1 is 1.33 bits per heavy atom. The van der Waals surface area contributed by atoms with Gasteiger partial charge in [-0.3, -0.25) is 9.89 Å². The van der Waals surface area contributed by atoms with Gasteiger partial charge in [0, 0.05) is 0 Å². The number of carbonyl (C=O) groups excluding carboxylic acids is 1. The Labute approximate surface area is 124 Å². The van der Waals surface area contributed by atoms with Crippen LogP contribution < -0.4 is 11.1 Å². The number of H-pyrrole nitrogens is 1. The molecule has 2 rings (SSSR count). The second kappa shape index (κ2) is 6.39. The van der Waals surface area contributed by atoms with Crippen molar-refractivity contribution in [1.29, 1.82) is 0 Å². The van der Waals surface area contributed by atoms with Gasteiger partial charge >= 0.3 is 0 Å².